The van der Waals surface area contributed by atoms with Gasteiger partial charge in [-0.1, -0.05) is 23.7 Å². The summed E-state index contributed by atoms with van der Waals surface area (Å²) in [6, 6.07) is 4.99. The van der Waals surface area contributed by atoms with E-state index in [-0.39, 0.29) is 10.6 Å². The molecule has 6 heteroatoms. The van der Waals surface area contributed by atoms with Gasteiger partial charge in [0.2, 0.25) is 0 Å². The van der Waals surface area contributed by atoms with E-state index >= 15 is 0 Å². The minimum atomic E-state index is -1.03. The lowest BCUT2D eigenvalue weighted by molar-refractivity contribution is -0.387. The van der Waals surface area contributed by atoms with Gasteiger partial charge in [-0.2, -0.15) is 0 Å². The second-order valence-electron chi connectivity index (χ2n) is 3.26. The predicted octanol–water partition coefficient (Wildman–Crippen LogP) is 2.66. The molecule has 0 amide bonds. The van der Waals surface area contributed by atoms with Crippen molar-refractivity contribution in [2.75, 3.05) is 0 Å². The van der Waals surface area contributed by atoms with Crippen LogP contribution < -0.4 is 5.63 Å². The monoisotopic (exact) mass is 239 g/mol. The minimum Gasteiger partial charge on any atom is -0.417 e. The van der Waals surface area contributed by atoms with Crippen LogP contribution in [-0.4, -0.2) is 4.92 Å². The number of aryl methyl sites for hydroxylation is 1. The largest absolute Gasteiger partial charge is 0.417 e. The second-order valence-corrected chi connectivity index (χ2v) is 3.64. The summed E-state index contributed by atoms with van der Waals surface area (Å²) in [4.78, 5) is 21.1. The quantitative estimate of drug-likeness (QED) is 0.436. The first kappa shape index (κ1) is 10.6. The molecule has 0 aliphatic heterocycles. The summed E-state index contributed by atoms with van der Waals surface area (Å²) in [5.41, 5.74) is -0.772. The third-order valence-electron chi connectivity index (χ3n) is 2.23. The Morgan fingerprint density at radius 3 is 2.75 bits per heavy atom. The average Bonchev–Trinajstić information content (AvgIpc) is 2.19. The van der Waals surface area contributed by atoms with E-state index in [9.17, 15) is 14.9 Å². The highest BCUT2D eigenvalue weighted by molar-refractivity contribution is 6.37. The van der Waals surface area contributed by atoms with Gasteiger partial charge in [0, 0.05) is 5.39 Å². The Morgan fingerprint density at radius 1 is 1.44 bits per heavy atom. The van der Waals surface area contributed by atoms with E-state index in [4.69, 9.17) is 16.0 Å². The summed E-state index contributed by atoms with van der Waals surface area (Å²) in [6.07, 6.45) is 0. The van der Waals surface area contributed by atoms with Gasteiger partial charge in [0.1, 0.15) is 10.6 Å². The van der Waals surface area contributed by atoms with Crippen LogP contribution in [0, 0.1) is 17.0 Å². The molecule has 82 valence electrons. The summed E-state index contributed by atoms with van der Waals surface area (Å²) in [6.45, 7) is 1.73. The Labute approximate surface area is 94.4 Å². The third-order valence-corrected chi connectivity index (χ3v) is 2.61. The fraction of sp³-hybridized carbons (Fsp3) is 0.100. The number of rotatable bonds is 1. The van der Waals surface area contributed by atoms with Crippen LogP contribution in [0.5, 0.6) is 0 Å². The molecule has 5 nitrogen and oxygen atoms in total. The van der Waals surface area contributed by atoms with Crippen LogP contribution in [0.1, 0.15) is 5.56 Å². The van der Waals surface area contributed by atoms with Crippen molar-refractivity contribution in [3.8, 4) is 0 Å². The van der Waals surface area contributed by atoms with Gasteiger partial charge in [0.25, 0.3) is 0 Å². The maximum Gasteiger partial charge on any atom is 0.416 e. The van der Waals surface area contributed by atoms with Crippen LogP contribution in [0.25, 0.3) is 11.0 Å². The molecule has 0 aliphatic carbocycles. The van der Waals surface area contributed by atoms with E-state index in [0.29, 0.717) is 10.9 Å². The van der Waals surface area contributed by atoms with Crippen molar-refractivity contribution in [1.82, 2.24) is 0 Å². The van der Waals surface area contributed by atoms with Gasteiger partial charge in [0.15, 0.2) is 0 Å². The van der Waals surface area contributed by atoms with Gasteiger partial charge in [-0.3, -0.25) is 10.1 Å². The molecule has 0 saturated carbocycles. The van der Waals surface area contributed by atoms with Crippen molar-refractivity contribution in [1.29, 1.82) is 0 Å². The topological polar surface area (TPSA) is 73.3 Å². The molecule has 2 aromatic rings. The molecule has 1 aromatic heterocycles. The number of hydrogen-bond acceptors (Lipinski definition) is 4. The third kappa shape index (κ3) is 1.45. The summed E-state index contributed by atoms with van der Waals surface area (Å²) >= 11 is 5.81. The summed E-state index contributed by atoms with van der Waals surface area (Å²) in [5.74, 6) is 0. The lowest BCUT2D eigenvalue weighted by Gasteiger charge is -2.01. The molecule has 2 rings (SSSR count). The zero-order chi connectivity index (χ0) is 11.9. The van der Waals surface area contributed by atoms with Crippen molar-refractivity contribution in [3.05, 3.63) is 49.3 Å². The number of para-hydroxylation sites is 1. The van der Waals surface area contributed by atoms with Crippen LogP contribution in [0.3, 0.4) is 0 Å². The number of benzene rings is 1. The predicted molar refractivity (Wildman–Crippen MR) is 58.9 cm³/mol. The molecule has 0 saturated heterocycles. The SMILES string of the molecule is Cc1cccc2c(Cl)c([N+](=O)[O-])c(=O)oc12. The van der Waals surface area contributed by atoms with Crippen LogP contribution in [-0.2, 0) is 0 Å². The Morgan fingerprint density at radius 2 is 2.12 bits per heavy atom. The number of fused-ring (bicyclic) bond motifs is 1. The molecular formula is C10H6ClNO4. The zero-order valence-electron chi connectivity index (χ0n) is 8.19. The van der Waals surface area contributed by atoms with E-state index in [0.717, 1.165) is 0 Å². The number of nitro groups is 1. The zero-order valence-corrected chi connectivity index (χ0v) is 8.95. The molecule has 0 spiro atoms. The first-order valence-corrected chi connectivity index (χ1v) is 4.76. The van der Waals surface area contributed by atoms with E-state index in [2.05, 4.69) is 0 Å². The minimum absolute atomic E-state index is 0.181. The number of nitrogens with zero attached hydrogens (tertiary/aromatic N) is 1. The fourth-order valence-corrected chi connectivity index (χ4v) is 1.77. The van der Waals surface area contributed by atoms with E-state index in [1.807, 2.05) is 0 Å². The molecule has 0 fully saturated rings. The molecule has 0 N–H and O–H groups in total. The van der Waals surface area contributed by atoms with Gasteiger partial charge < -0.3 is 4.42 Å². The van der Waals surface area contributed by atoms with Crippen molar-refractivity contribution in [3.63, 3.8) is 0 Å². The van der Waals surface area contributed by atoms with Crippen molar-refractivity contribution in [2.45, 2.75) is 6.92 Å². The second kappa shape index (κ2) is 3.61. The van der Waals surface area contributed by atoms with Crippen LogP contribution >= 0.6 is 11.6 Å². The van der Waals surface area contributed by atoms with Gasteiger partial charge in [-0.05, 0) is 18.6 Å². The summed E-state index contributed by atoms with van der Waals surface area (Å²) < 4.78 is 4.88. The first-order valence-electron chi connectivity index (χ1n) is 4.38. The molecule has 0 atom stereocenters. The average molecular weight is 240 g/mol. The molecule has 0 unspecified atom stereocenters. The van der Waals surface area contributed by atoms with Gasteiger partial charge >= 0.3 is 11.3 Å². The van der Waals surface area contributed by atoms with Gasteiger partial charge in [-0.25, -0.2) is 4.79 Å². The molecular weight excluding hydrogens is 234 g/mol. The lowest BCUT2D eigenvalue weighted by atomic mass is 10.1. The molecule has 1 heterocycles. The highest BCUT2D eigenvalue weighted by atomic mass is 35.5. The maximum atomic E-state index is 11.4. The Hall–Kier alpha value is -1.88. The van der Waals surface area contributed by atoms with Crippen LogP contribution in [0.2, 0.25) is 5.02 Å². The standard InChI is InChI=1S/C10H6ClNO4/c1-5-3-2-4-6-7(11)8(12(14)15)10(13)16-9(5)6/h2-4H,1H3. The lowest BCUT2D eigenvalue weighted by Crippen LogP contribution is -2.07. The molecule has 0 radical (unpaired) electrons. The Kier molecular flexibility index (Phi) is 2.40. The van der Waals surface area contributed by atoms with E-state index < -0.39 is 16.2 Å². The normalized spacial score (nSPS) is 10.6. The van der Waals surface area contributed by atoms with Gasteiger partial charge in [-0.15, -0.1) is 0 Å². The molecule has 0 aliphatic rings. The smallest absolute Gasteiger partial charge is 0.416 e. The molecule has 0 bridgehead atoms. The first-order chi connectivity index (χ1) is 7.52. The van der Waals surface area contributed by atoms with Gasteiger partial charge in [0.05, 0.1) is 4.92 Å². The van der Waals surface area contributed by atoms with E-state index in [1.165, 1.54) is 0 Å². The highest BCUT2D eigenvalue weighted by Crippen LogP contribution is 2.30. The molecule has 1 aromatic carbocycles. The Balaban J connectivity index is 3.01. The van der Waals surface area contributed by atoms with Crippen molar-refractivity contribution >= 4 is 28.3 Å². The molecule has 16 heavy (non-hydrogen) atoms. The fourth-order valence-electron chi connectivity index (χ4n) is 1.47. The summed E-state index contributed by atoms with van der Waals surface area (Å²) in [5, 5.41) is 10.8. The maximum absolute atomic E-state index is 11.4. The van der Waals surface area contributed by atoms with Crippen LogP contribution in [0.15, 0.2) is 27.4 Å². The van der Waals surface area contributed by atoms with E-state index in [1.54, 1.807) is 25.1 Å². The van der Waals surface area contributed by atoms with Crippen molar-refractivity contribution < 1.29 is 9.34 Å². The number of hydrogen-bond donors (Lipinski definition) is 0. The summed E-state index contributed by atoms with van der Waals surface area (Å²) in [7, 11) is 0. The van der Waals surface area contributed by atoms with Crippen molar-refractivity contribution in [2.24, 2.45) is 0 Å². The van der Waals surface area contributed by atoms with Crippen LogP contribution in [0.4, 0.5) is 5.69 Å². The Bertz CT molecular complexity index is 647. The number of halogens is 1. The highest BCUT2D eigenvalue weighted by Gasteiger charge is 2.23.